The molecule has 1 N–H and O–H groups in total. The van der Waals surface area contributed by atoms with Crippen molar-refractivity contribution < 1.29 is 22.2 Å². The summed E-state index contributed by atoms with van der Waals surface area (Å²) in [5, 5.41) is 11.6. The highest BCUT2D eigenvalue weighted by molar-refractivity contribution is 5.77. The maximum atomic E-state index is 8.54. The second-order valence-electron chi connectivity index (χ2n) is 5.80. The minimum atomic E-state index is 0. The molecule has 0 radical (unpaired) electrons. The van der Waals surface area contributed by atoms with E-state index in [0.29, 0.717) is 0 Å². The van der Waals surface area contributed by atoms with Gasteiger partial charge in [0.2, 0.25) is 0 Å². The summed E-state index contributed by atoms with van der Waals surface area (Å²) in [7, 11) is 0. The molecule has 3 nitrogen and oxygen atoms in total. The third-order valence-corrected chi connectivity index (χ3v) is 3.86. The Morgan fingerprint density at radius 1 is 1.00 bits per heavy atom. The lowest BCUT2D eigenvalue weighted by Crippen LogP contribution is -3.00. The number of hydrogen-bond acceptors (Lipinski definition) is 2. The van der Waals surface area contributed by atoms with Crippen molar-refractivity contribution in [2.24, 2.45) is 5.16 Å². The molecule has 0 saturated carbocycles. The zero-order chi connectivity index (χ0) is 15.2. The molecule has 0 aromatic carbocycles. The van der Waals surface area contributed by atoms with Gasteiger partial charge in [-0.15, -0.1) is 0 Å². The Morgan fingerprint density at radius 2 is 1.59 bits per heavy atom. The van der Waals surface area contributed by atoms with E-state index in [2.05, 4.69) is 22.8 Å². The van der Waals surface area contributed by atoms with Gasteiger partial charge in [0.25, 0.3) is 0 Å². The molecular weight excluding hydrogens is 296 g/mol. The lowest BCUT2D eigenvalue weighted by atomic mass is 10.1. The summed E-state index contributed by atoms with van der Waals surface area (Å²) in [6, 6.07) is 3.93. The average Bonchev–Trinajstić information content (AvgIpc) is 2.50. The van der Waals surface area contributed by atoms with E-state index < -0.39 is 0 Å². The Hall–Kier alpha value is -1.09. The summed E-state index contributed by atoms with van der Waals surface area (Å²) in [5.41, 5.74) is 0.937. The Bertz CT molecular complexity index is 396. The zero-order valence-corrected chi connectivity index (χ0v) is 14.6. The summed E-state index contributed by atoms with van der Waals surface area (Å²) < 4.78 is 2.17. The number of rotatable bonds is 12. The van der Waals surface area contributed by atoms with Gasteiger partial charge in [-0.25, -0.2) is 4.57 Å². The predicted octanol–water partition coefficient (Wildman–Crippen LogP) is 1.71. The number of oxime groups is 1. The maximum Gasteiger partial charge on any atom is 0.177 e. The third kappa shape index (κ3) is 10.6. The second kappa shape index (κ2) is 14.8. The van der Waals surface area contributed by atoms with Gasteiger partial charge in [-0.2, -0.15) is 0 Å². The van der Waals surface area contributed by atoms with Crippen molar-refractivity contribution in [1.29, 1.82) is 0 Å². The third-order valence-electron chi connectivity index (χ3n) is 3.86. The smallest absolute Gasteiger partial charge is 0.177 e. The summed E-state index contributed by atoms with van der Waals surface area (Å²) in [6.07, 6.45) is 19.2. The van der Waals surface area contributed by atoms with Gasteiger partial charge in [0.15, 0.2) is 12.4 Å². The second-order valence-corrected chi connectivity index (χ2v) is 5.80. The van der Waals surface area contributed by atoms with Crippen LogP contribution in [-0.4, -0.2) is 11.4 Å². The molecule has 0 unspecified atom stereocenters. The highest BCUT2D eigenvalue weighted by atomic mass is 35.5. The van der Waals surface area contributed by atoms with Crippen LogP contribution in [0.3, 0.4) is 0 Å². The summed E-state index contributed by atoms with van der Waals surface area (Å²) in [6.45, 7) is 3.31. The van der Waals surface area contributed by atoms with Crippen molar-refractivity contribution in [2.45, 2.75) is 77.7 Å². The number of aryl methyl sites for hydroxylation is 1. The van der Waals surface area contributed by atoms with Gasteiger partial charge in [0.1, 0.15) is 6.54 Å². The standard InChI is InChI=1S/C18H30N2O.ClH/c1-2-3-4-5-6-7-8-9-10-11-14-20-15-12-13-18(17-20)16-19-21;/h12-13,15-17H,2-11,14H2,1H3;1H/b19-16-;. The molecule has 1 aromatic rings. The normalized spacial score (nSPS) is 10.8. The van der Waals surface area contributed by atoms with Gasteiger partial charge < -0.3 is 17.6 Å². The lowest BCUT2D eigenvalue weighted by molar-refractivity contribution is -0.697. The van der Waals surface area contributed by atoms with Gasteiger partial charge in [0, 0.05) is 12.5 Å². The lowest BCUT2D eigenvalue weighted by Gasteiger charge is -2.01. The Balaban J connectivity index is 0.00000441. The fourth-order valence-electron chi connectivity index (χ4n) is 2.61. The van der Waals surface area contributed by atoms with Crippen LogP contribution in [0.2, 0.25) is 0 Å². The average molecular weight is 327 g/mol. The number of aromatic nitrogens is 1. The molecule has 0 spiro atoms. The number of nitrogens with zero attached hydrogens (tertiary/aromatic N) is 2. The van der Waals surface area contributed by atoms with Crippen molar-refractivity contribution in [1.82, 2.24) is 0 Å². The molecular formula is C18H31ClN2O. The molecule has 1 aromatic heterocycles. The van der Waals surface area contributed by atoms with Crippen LogP contribution in [0.1, 0.15) is 76.7 Å². The van der Waals surface area contributed by atoms with Gasteiger partial charge in [-0.1, -0.05) is 63.4 Å². The summed E-state index contributed by atoms with van der Waals surface area (Å²) in [5.74, 6) is 0. The van der Waals surface area contributed by atoms with Gasteiger partial charge >= 0.3 is 0 Å². The van der Waals surface area contributed by atoms with Crippen molar-refractivity contribution in [3.05, 3.63) is 30.1 Å². The van der Waals surface area contributed by atoms with E-state index in [-0.39, 0.29) is 12.4 Å². The van der Waals surface area contributed by atoms with Gasteiger partial charge in [-0.05, 0) is 12.5 Å². The molecule has 0 atom stereocenters. The van der Waals surface area contributed by atoms with Crippen molar-refractivity contribution >= 4 is 6.21 Å². The largest absolute Gasteiger partial charge is 1.00 e. The first-order valence-corrected chi connectivity index (χ1v) is 8.53. The van der Waals surface area contributed by atoms with Gasteiger partial charge in [0.05, 0.1) is 11.8 Å². The molecule has 0 aliphatic rings. The van der Waals surface area contributed by atoms with Crippen LogP contribution in [0, 0.1) is 0 Å². The molecule has 0 aliphatic carbocycles. The number of hydrogen-bond donors (Lipinski definition) is 1. The molecule has 0 amide bonds. The molecule has 0 bridgehead atoms. The van der Waals surface area contributed by atoms with E-state index in [1.807, 2.05) is 18.3 Å². The van der Waals surface area contributed by atoms with Crippen LogP contribution >= 0.6 is 0 Å². The topological polar surface area (TPSA) is 36.5 Å². The van der Waals surface area contributed by atoms with E-state index in [1.54, 1.807) is 0 Å². The Labute approximate surface area is 141 Å². The van der Waals surface area contributed by atoms with Crippen LogP contribution in [0.4, 0.5) is 0 Å². The minimum absolute atomic E-state index is 0. The molecule has 0 fully saturated rings. The van der Waals surface area contributed by atoms with Crippen molar-refractivity contribution in [3.63, 3.8) is 0 Å². The fraction of sp³-hybridized carbons (Fsp3) is 0.667. The van der Waals surface area contributed by atoms with Gasteiger partial charge in [-0.3, -0.25) is 0 Å². The highest BCUT2D eigenvalue weighted by Gasteiger charge is 2.01. The van der Waals surface area contributed by atoms with Crippen LogP contribution in [-0.2, 0) is 6.54 Å². The van der Waals surface area contributed by atoms with E-state index in [4.69, 9.17) is 5.21 Å². The zero-order valence-electron chi connectivity index (χ0n) is 13.9. The van der Waals surface area contributed by atoms with Crippen LogP contribution in [0.5, 0.6) is 0 Å². The predicted molar refractivity (Wildman–Crippen MR) is 87.9 cm³/mol. The van der Waals surface area contributed by atoms with E-state index in [1.165, 1.54) is 70.4 Å². The Morgan fingerprint density at radius 3 is 2.18 bits per heavy atom. The van der Waals surface area contributed by atoms with Crippen LogP contribution < -0.4 is 17.0 Å². The van der Waals surface area contributed by atoms with E-state index in [0.717, 1.165) is 12.1 Å². The monoisotopic (exact) mass is 326 g/mol. The first-order valence-electron chi connectivity index (χ1n) is 8.53. The highest BCUT2D eigenvalue weighted by Crippen LogP contribution is 2.10. The Kier molecular flexibility index (Phi) is 14.1. The number of pyridine rings is 1. The quantitative estimate of drug-likeness (QED) is 0.205. The molecule has 4 heteroatoms. The maximum absolute atomic E-state index is 8.54. The van der Waals surface area contributed by atoms with Crippen molar-refractivity contribution in [2.75, 3.05) is 0 Å². The van der Waals surface area contributed by atoms with Crippen LogP contribution in [0.15, 0.2) is 29.7 Å². The number of halogens is 1. The van der Waals surface area contributed by atoms with Crippen LogP contribution in [0.25, 0.3) is 0 Å². The molecule has 126 valence electrons. The first-order chi connectivity index (χ1) is 10.4. The minimum Gasteiger partial charge on any atom is -1.00 e. The van der Waals surface area contributed by atoms with Crippen molar-refractivity contribution in [3.8, 4) is 0 Å². The number of unbranched alkanes of at least 4 members (excludes halogenated alkanes) is 9. The summed E-state index contributed by atoms with van der Waals surface area (Å²) >= 11 is 0. The SMILES string of the molecule is CCCCCCCCCCCC[n+]1cccc(/C=N\O)c1.[Cl-]. The fourth-order valence-corrected chi connectivity index (χ4v) is 2.61. The molecule has 1 heterocycles. The summed E-state index contributed by atoms with van der Waals surface area (Å²) in [4.78, 5) is 0. The molecule has 1 rings (SSSR count). The van der Waals surface area contributed by atoms with E-state index in [9.17, 15) is 0 Å². The molecule has 0 saturated heterocycles. The molecule has 0 aliphatic heterocycles. The van der Waals surface area contributed by atoms with E-state index >= 15 is 0 Å². The first kappa shape index (κ1) is 20.9. The molecule has 22 heavy (non-hydrogen) atoms.